The second-order valence-corrected chi connectivity index (χ2v) is 5.48. The molecule has 1 aromatic carbocycles. The van der Waals surface area contributed by atoms with Crippen molar-refractivity contribution >= 4 is 17.4 Å². The number of hydrogen-bond donors (Lipinski definition) is 2. The number of benzene rings is 1. The molecule has 0 bridgehead atoms. The highest BCUT2D eigenvalue weighted by atomic mass is 16.5. The fraction of sp³-hybridized carbons (Fsp3) is 0.294. The summed E-state index contributed by atoms with van der Waals surface area (Å²) in [6.45, 7) is 2.52. The molecule has 1 saturated heterocycles. The number of nitrogens with zero attached hydrogens (tertiary/aromatic N) is 3. The lowest BCUT2D eigenvalue weighted by molar-refractivity contribution is 0.208. The summed E-state index contributed by atoms with van der Waals surface area (Å²) in [5.41, 5.74) is 1.43. The van der Waals surface area contributed by atoms with Gasteiger partial charge >= 0.3 is 6.03 Å². The van der Waals surface area contributed by atoms with Crippen molar-refractivity contribution in [2.75, 3.05) is 43.5 Å². The Hall–Kier alpha value is -2.96. The van der Waals surface area contributed by atoms with Crippen LogP contribution in [0.25, 0.3) is 0 Å². The smallest absolute Gasteiger partial charge is 0.322 e. The van der Waals surface area contributed by atoms with Gasteiger partial charge in [-0.2, -0.15) is 0 Å². The molecule has 0 aliphatic carbocycles. The highest BCUT2D eigenvalue weighted by Crippen LogP contribution is 2.27. The van der Waals surface area contributed by atoms with E-state index in [0.717, 1.165) is 5.69 Å². The number of phenols is 1. The molecular weight excluding hydrogens is 308 g/mol. The number of hydrogen-bond acceptors (Lipinski definition) is 5. The second-order valence-electron chi connectivity index (χ2n) is 5.48. The van der Waals surface area contributed by atoms with Gasteiger partial charge in [-0.05, 0) is 18.2 Å². The molecule has 0 unspecified atom stereocenters. The van der Waals surface area contributed by atoms with Crippen molar-refractivity contribution in [3.8, 4) is 11.6 Å². The van der Waals surface area contributed by atoms with Crippen LogP contribution < -0.4 is 15.0 Å². The standard InChI is InChI=1S/C17H20N4O3/c1-24-16-7-6-13(12-18-16)19-17(23)21-10-8-20(9-11-21)14-4-2-3-5-15(14)22/h2-7,12,22H,8-11H2,1H3,(H,19,23). The Morgan fingerprint density at radius 3 is 2.54 bits per heavy atom. The molecular formula is C17H20N4O3. The average molecular weight is 328 g/mol. The monoisotopic (exact) mass is 328 g/mol. The number of aromatic hydroxyl groups is 1. The maximum atomic E-state index is 12.3. The minimum absolute atomic E-state index is 0.154. The van der Waals surface area contributed by atoms with Gasteiger partial charge in [0.25, 0.3) is 0 Å². The normalized spacial score (nSPS) is 14.4. The van der Waals surface area contributed by atoms with Crippen LogP contribution >= 0.6 is 0 Å². The molecule has 0 spiro atoms. The Morgan fingerprint density at radius 2 is 1.92 bits per heavy atom. The Balaban J connectivity index is 1.56. The van der Waals surface area contributed by atoms with Gasteiger partial charge in [-0.1, -0.05) is 12.1 Å². The molecule has 0 radical (unpaired) electrons. The number of pyridine rings is 1. The first kappa shape index (κ1) is 15.9. The van der Waals surface area contributed by atoms with Crippen LogP contribution in [0.3, 0.4) is 0 Å². The van der Waals surface area contributed by atoms with Crippen LogP contribution in [0.1, 0.15) is 0 Å². The molecule has 24 heavy (non-hydrogen) atoms. The van der Waals surface area contributed by atoms with Gasteiger partial charge < -0.3 is 25.0 Å². The summed E-state index contributed by atoms with van der Waals surface area (Å²) >= 11 is 0. The van der Waals surface area contributed by atoms with E-state index in [4.69, 9.17) is 4.74 Å². The lowest BCUT2D eigenvalue weighted by Crippen LogP contribution is -2.50. The molecule has 2 aromatic rings. The van der Waals surface area contributed by atoms with Gasteiger partial charge in [0, 0.05) is 32.2 Å². The van der Waals surface area contributed by atoms with E-state index in [-0.39, 0.29) is 11.8 Å². The van der Waals surface area contributed by atoms with Gasteiger partial charge in [-0.15, -0.1) is 0 Å². The molecule has 1 fully saturated rings. The van der Waals surface area contributed by atoms with Crippen molar-refractivity contribution in [1.82, 2.24) is 9.88 Å². The van der Waals surface area contributed by atoms with E-state index in [1.54, 1.807) is 42.5 Å². The van der Waals surface area contributed by atoms with Crippen molar-refractivity contribution < 1.29 is 14.6 Å². The van der Waals surface area contributed by atoms with Crippen molar-refractivity contribution in [3.63, 3.8) is 0 Å². The van der Waals surface area contributed by atoms with E-state index in [0.29, 0.717) is 37.7 Å². The minimum Gasteiger partial charge on any atom is -0.506 e. The van der Waals surface area contributed by atoms with Gasteiger partial charge in [0.15, 0.2) is 0 Å². The number of nitrogens with one attached hydrogen (secondary N) is 1. The van der Waals surface area contributed by atoms with E-state index in [1.807, 2.05) is 12.1 Å². The van der Waals surface area contributed by atoms with Crippen LogP contribution in [0.5, 0.6) is 11.6 Å². The lowest BCUT2D eigenvalue weighted by atomic mass is 10.2. The number of carbonyl (C=O) groups excluding carboxylic acids is 1. The van der Waals surface area contributed by atoms with Gasteiger partial charge in [0.1, 0.15) is 5.75 Å². The van der Waals surface area contributed by atoms with E-state index < -0.39 is 0 Å². The summed E-state index contributed by atoms with van der Waals surface area (Å²) in [6.07, 6.45) is 1.56. The molecule has 1 aliphatic rings. The molecule has 126 valence electrons. The topological polar surface area (TPSA) is 77.9 Å². The van der Waals surface area contributed by atoms with E-state index >= 15 is 0 Å². The van der Waals surface area contributed by atoms with Gasteiger partial charge in [0.2, 0.25) is 5.88 Å². The minimum atomic E-state index is -0.154. The summed E-state index contributed by atoms with van der Waals surface area (Å²) in [6, 6.07) is 10.5. The number of aromatic nitrogens is 1. The van der Waals surface area contributed by atoms with Crippen LogP contribution in [0.15, 0.2) is 42.6 Å². The molecule has 2 amide bonds. The largest absolute Gasteiger partial charge is 0.506 e. The molecule has 3 rings (SSSR count). The fourth-order valence-electron chi connectivity index (χ4n) is 2.66. The summed E-state index contributed by atoms with van der Waals surface area (Å²) in [5.74, 6) is 0.768. The van der Waals surface area contributed by atoms with Crippen LogP contribution in [-0.4, -0.2) is 54.3 Å². The zero-order valence-corrected chi connectivity index (χ0v) is 13.5. The maximum Gasteiger partial charge on any atom is 0.322 e. The molecule has 2 heterocycles. The lowest BCUT2D eigenvalue weighted by Gasteiger charge is -2.36. The molecule has 2 N–H and O–H groups in total. The molecule has 0 saturated carbocycles. The fourth-order valence-corrected chi connectivity index (χ4v) is 2.66. The number of piperazine rings is 1. The van der Waals surface area contributed by atoms with Gasteiger partial charge in [0.05, 0.1) is 24.7 Å². The average Bonchev–Trinajstić information content (AvgIpc) is 2.63. The molecule has 1 aromatic heterocycles. The summed E-state index contributed by atoms with van der Waals surface area (Å²) < 4.78 is 4.99. The number of rotatable bonds is 3. The third-order valence-electron chi connectivity index (χ3n) is 3.99. The zero-order chi connectivity index (χ0) is 16.9. The van der Waals surface area contributed by atoms with E-state index in [2.05, 4.69) is 15.2 Å². The van der Waals surface area contributed by atoms with Crippen molar-refractivity contribution in [2.45, 2.75) is 0 Å². The van der Waals surface area contributed by atoms with Crippen LogP contribution in [0, 0.1) is 0 Å². The first-order valence-corrected chi connectivity index (χ1v) is 7.76. The SMILES string of the molecule is COc1ccc(NC(=O)N2CCN(c3ccccc3O)CC2)cn1. The van der Waals surface area contributed by atoms with E-state index in [9.17, 15) is 9.90 Å². The number of urea groups is 1. The van der Waals surface area contributed by atoms with E-state index in [1.165, 1.54) is 0 Å². The molecule has 7 nitrogen and oxygen atoms in total. The predicted octanol–water partition coefficient (Wildman–Crippen LogP) is 2.15. The predicted molar refractivity (Wildman–Crippen MR) is 91.7 cm³/mol. The first-order valence-electron chi connectivity index (χ1n) is 7.76. The highest BCUT2D eigenvalue weighted by Gasteiger charge is 2.22. The Morgan fingerprint density at radius 1 is 1.17 bits per heavy atom. The quantitative estimate of drug-likeness (QED) is 0.903. The van der Waals surface area contributed by atoms with Crippen molar-refractivity contribution in [2.24, 2.45) is 0 Å². The number of amides is 2. The van der Waals surface area contributed by atoms with Crippen molar-refractivity contribution in [3.05, 3.63) is 42.6 Å². The number of para-hydroxylation sites is 2. The number of carbonyl (C=O) groups is 1. The van der Waals surface area contributed by atoms with Crippen molar-refractivity contribution in [1.29, 1.82) is 0 Å². The Labute approximate surface area is 140 Å². The number of anilines is 2. The van der Waals surface area contributed by atoms with Crippen LogP contribution in [0.4, 0.5) is 16.2 Å². The zero-order valence-electron chi connectivity index (χ0n) is 13.5. The first-order chi connectivity index (χ1) is 11.7. The number of phenolic OH excluding ortho intramolecular Hbond substituents is 1. The molecule has 1 aliphatic heterocycles. The Bertz CT molecular complexity index is 697. The molecule has 7 heteroatoms. The highest BCUT2D eigenvalue weighted by molar-refractivity contribution is 5.89. The third kappa shape index (κ3) is 3.51. The number of methoxy groups -OCH3 is 1. The van der Waals surface area contributed by atoms with Crippen LogP contribution in [0.2, 0.25) is 0 Å². The summed E-state index contributed by atoms with van der Waals surface area (Å²) in [5, 5.41) is 12.8. The summed E-state index contributed by atoms with van der Waals surface area (Å²) in [7, 11) is 1.55. The summed E-state index contributed by atoms with van der Waals surface area (Å²) in [4.78, 5) is 20.2. The second kappa shape index (κ2) is 7.08. The third-order valence-corrected chi connectivity index (χ3v) is 3.99. The number of ether oxygens (including phenoxy) is 1. The maximum absolute atomic E-state index is 12.3. The van der Waals surface area contributed by atoms with Gasteiger partial charge in [-0.3, -0.25) is 0 Å². The van der Waals surface area contributed by atoms with Gasteiger partial charge in [-0.25, -0.2) is 9.78 Å². The van der Waals surface area contributed by atoms with Crippen LogP contribution in [-0.2, 0) is 0 Å². The molecule has 0 atom stereocenters. The Kier molecular flexibility index (Phi) is 4.69.